The minimum atomic E-state index is -0.696. The van der Waals surface area contributed by atoms with Gasteiger partial charge in [0.1, 0.15) is 0 Å². The molecule has 1 aromatic rings. The van der Waals surface area contributed by atoms with Crippen LogP contribution in [0.25, 0.3) is 0 Å². The summed E-state index contributed by atoms with van der Waals surface area (Å²) in [5, 5.41) is 6.75. The van der Waals surface area contributed by atoms with Crippen LogP contribution in [0.4, 0.5) is 0 Å². The van der Waals surface area contributed by atoms with Crippen LogP contribution >= 0.6 is 0 Å². The molecule has 0 radical (unpaired) electrons. The predicted molar refractivity (Wildman–Crippen MR) is 39.1 cm³/mol. The number of nitrogens with two attached hydrogens (primary N) is 2. The molecule has 1 aromatic heterocycles. The van der Waals surface area contributed by atoms with E-state index in [4.69, 9.17) is 11.5 Å². The van der Waals surface area contributed by atoms with E-state index in [1.807, 2.05) is 0 Å². The monoisotopic (exact) mass is 166 g/mol. The number of primary amides is 2. The Bertz CT molecular complexity index is 286. The van der Waals surface area contributed by atoms with E-state index in [2.05, 4.69) is 10.2 Å². The molecule has 0 aromatic carbocycles. The Morgan fingerprint density at radius 3 is 1.50 bits per heavy atom. The molecule has 4 N–H and O–H groups in total. The number of hydrogen-bond acceptors (Lipinski definition) is 4. The van der Waals surface area contributed by atoms with Gasteiger partial charge in [0, 0.05) is 0 Å². The van der Waals surface area contributed by atoms with Crippen LogP contribution in [0, 0.1) is 0 Å². The van der Waals surface area contributed by atoms with E-state index in [9.17, 15) is 9.59 Å². The van der Waals surface area contributed by atoms with Crippen LogP contribution in [-0.2, 0) is 0 Å². The van der Waals surface area contributed by atoms with E-state index < -0.39 is 11.8 Å². The van der Waals surface area contributed by atoms with Crippen molar-refractivity contribution in [1.29, 1.82) is 0 Å². The maximum atomic E-state index is 10.5. The maximum absolute atomic E-state index is 10.5. The summed E-state index contributed by atoms with van der Waals surface area (Å²) < 4.78 is 0. The molecule has 0 aliphatic rings. The van der Waals surface area contributed by atoms with Crippen LogP contribution in [0.3, 0.4) is 0 Å². The molecule has 0 aliphatic heterocycles. The zero-order valence-electron chi connectivity index (χ0n) is 6.02. The summed E-state index contributed by atoms with van der Waals surface area (Å²) in [6.07, 6.45) is 0. The molecule has 0 fully saturated rings. The summed E-state index contributed by atoms with van der Waals surface area (Å²) in [4.78, 5) is 21.0. The van der Waals surface area contributed by atoms with Gasteiger partial charge in [0.25, 0.3) is 11.8 Å². The maximum Gasteiger partial charge on any atom is 0.269 e. The van der Waals surface area contributed by atoms with E-state index in [1.54, 1.807) is 0 Å². The molecular weight excluding hydrogens is 160 g/mol. The zero-order valence-corrected chi connectivity index (χ0v) is 6.02. The Kier molecular flexibility index (Phi) is 2.00. The van der Waals surface area contributed by atoms with E-state index in [0.717, 1.165) is 0 Å². The van der Waals surface area contributed by atoms with Crippen LogP contribution in [0.1, 0.15) is 21.0 Å². The van der Waals surface area contributed by atoms with Crippen molar-refractivity contribution in [3.63, 3.8) is 0 Å². The van der Waals surface area contributed by atoms with E-state index in [1.165, 1.54) is 12.1 Å². The highest BCUT2D eigenvalue weighted by molar-refractivity contribution is 5.93. The zero-order chi connectivity index (χ0) is 9.14. The minimum absolute atomic E-state index is 0.000000000000000222. The first-order chi connectivity index (χ1) is 5.61. The third kappa shape index (κ3) is 1.54. The highest BCUT2D eigenvalue weighted by atomic mass is 16.1. The average Bonchev–Trinajstić information content (AvgIpc) is 2.04. The Balaban J connectivity index is 3.01. The number of nitrogens with zero attached hydrogens (tertiary/aromatic N) is 2. The first-order valence-corrected chi connectivity index (χ1v) is 3.04. The standard InChI is InChI=1S/C6H6N4O2/c7-5(11)3-1-2-4(6(8)12)10-9-3/h1-2H,(H2,7,11)(H2,8,12). The Morgan fingerprint density at radius 2 is 1.33 bits per heavy atom. The predicted octanol–water partition coefficient (Wildman–Crippen LogP) is -1.33. The van der Waals surface area contributed by atoms with Crippen molar-refractivity contribution in [2.75, 3.05) is 0 Å². The molecule has 62 valence electrons. The molecular formula is C6H6N4O2. The van der Waals surface area contributed by atoms with Crippen molar-refractivity contribution in [2.24, 2.45) is 11.5 Å². The number of hydrogen-bond donors (Lipinski definition) is 2. The fourth-order valence-electron chi connectivity index (χ4n) is 0.595. The van der Waals surface area contributed by atoms with Crippen molar-refractivity contribution < 1.29 is 9.59 Å². The van der Waals surface area contributed by atoms with E-state index in [0.29, 0.717) is 0 Å². The number of carbonyl (C=O) groups is 2. The second-order valence-electron chi connectivity index (χ2n) is 2.03. The third-order valence-electron chi connectivity index (χ3n) is 1.17. The van der Waals surface area contributed by atoms with Gasteiger partial charge in [-0.05, 0) is 12.1 Å². The van der Waals surface area contributed by atoms with Crippen molar-refractivity contribution in [3.8, 4) is 0 Å². The summed E-state index contributed by atoms with van der Waals surface area (Å²) in [6, 6.07) is 2.57. The average molecular weight is 166 g/mol. The number of amides is 2. The first-order valence-electron chi connectivity index (χ1n) is 3.04. The van der Waals surface area contributed by atoms with Gasteiger partial charge in [0.2, 0.25) is 0 Å². The number of rotatable bonds is 2. The summed E-state index contributed by atoms with van der Waals surface area (Å²) >= 11 is 0. The molecule has 0 saturated carbocycles. The highest BCUT2D eigenvalue weighted by Gasteiger charge is 2.05. The quantitative estimate of drug-likeness (QED) is 0.567. The van der Waals surface area contributed by atoms with E-state index >= 15 is 0 Å². The van der Waals surface area contributed by atoms with Crippen LogP contribution in [-0.4, -0.2) is 22.0 Å². The summed E-state index contributed by atoms with van der Waals surface area (Å²) in [6.45, 7) is 0. The lowest BCUT2D eigenvalue weighted by Crippen LogP contribution is -2.17. The smallest absolute Gasteiger partial charge is 0.269 e. The molecule has 6 nitrogen and oxygen atoms in total. The number of aromatic nitrogens is 2. The first kappa shape index (κ1) is 8.12. The highest BCUT2D eigenvalue weighted by Crippen LogP contribution is 1.93. The van der Waals surface area contributed by atoms with Gasteiger partial charge in [-0.1, -0.05) is 0 Å². The van der Waals surface area contributed by atoms with Gasteiger partial charge in [-0.25, -0.2) is 0 Å². The largest absolute Gasteiger partial charge is 0.364 e. The van der Waals surface area contributed by atoms with Gasteiger partial charge in [-0.15, -0.1) is 10.2 Å². The van der Waals surface area contributed by atoms with Gasteiger partial charge >= 0.3 is 0 Å². The second kappa shape index (κ2) is 2.95. The van der Waals surface area contributed by atoms with Gasteiger partial charge in [-0.2, -0.15) is 0 Å². The Hall–Kier alpha value is -1.98. The van der Waals surface area contributed by atoms with Gasteiger partial charge in [-0.3, -0.25) is 9.59 Å². The Morgan fingerprint density at radius 1 is 1.00 bits per heavy atom. The number of carbonyl (C=O) groups excluding carboxylic acids is 2. The third-order valence-corrected chi connectivity index (χ3v) is 1.17. The molecule has 0 aliphatic carbocycles. The van der Waals surface area contributed by atoms with Gasteiger partial charge in [0.15, 0.2) is 11.4 Å². The molecule has 6 heteroatoms. The van der Waals surface area contributed by atoms with Crippen molar-refractivity contribution >= 4 is 11.8 Å². The molecule has 1 rings (SSSR count). The molecule has 0 saturated heterocycles. The fraction of sp³-hybridized carbons (Fsp3) is 0. The van der Waals surface area contributed by atoms with Gasteiger partial charge in [0.05, 0.1) is 0 Å². The topological polar surface area (TPSA) is 112 Å². The summed E-state index contributed by atoms with van der Waals surface area (Å²) in [5.41, 5.74) is 9.76. The molecule has 12 heavy (non-hydrogen) atoms. The lowest BCUT2D eigenvalue weighted by Gasteiger charge is -1.93. The fourth-order valence-corrected chi connectivity index (χ4v) is 0.595. The summed E-state index contributed by atoms with van der Waals surface area (Å²) in [7, 11) is 0. The van der Waals surface area contributed by atoms with Crippen molar-refractivity contribution in [3.05, 3.63) is 23.5 Å². The van der Waals surface area contributed by atoms with Gasteiger partial charge < -0.3 is 11.5 Å². The Labute approximate surface area is 67.6 Å². The second-order valence-corrected chi connectivity index (χ2v) is 2.03. The molecule has 0 spiro atoms. The molecule has 1 heterocycles. The molecule has 0 atom stereocenters. The molecule has 0 bridgehead atoms. The van der Waals surface area contributed by atoms with Crippen LogP contribution in [0.15, 0.2) is 12.1 Å². The van der Waals surface area contributed by atoms with Crippen molar-refractivity contribution in [1.82, 2.24) is 10.2 Å². The summed E-state index contributed by atoms with van der Waals surface area (Å²) in [5.74, 6) is -1.39. The van der Waals surface area contributed by atoms with Crippen molar-refractivity contribution in [2.45, 2.75) is 0 Å². The lowest BCUT2D eigenvalue weighted by atomic mass is 10.3. The molecule has 0 unspecified atom stereocenters. The molecule has 2 amide bonds. The van der Waals surface area contributed by atoms with E-state index in [-0.39, 0.29) is 11.4 Å². The SMILES string of the molecule is NC(=O)c1ccc(C(N)=O)nn1. The normalized spacial score (nSPS) is 9.33. The van der Waals surface area contributed by atoms with Crippen LogP contribution < -0.4 is 11.5 Å². The van der Waals surface area contributed by atoms with Crippen LogP contribution in [0.5, 0.6) is 0 Å². The van der Waals surface area contributed by atoms with Crippen LogP contribution in [0.2, 0.25) is 0 Å². The minimum Gasteiger partial charge on any atom is -0.364 e. The lowest BCUT2D eigenvalue weighted by molar-refractivity contribution is 0.0979.